The summed E-state index contributed by atoms with van der Waals surface area (Å²) in [5, 5.41) is 6.23. The molecule has 0 N–H and O–H groups in total. The van der Waals surface area contributed by atoms with Gasteiger partial charge in [-0.1, -0.05) is 15.9 Å². The largest absolute Gasteiger partial charge is 0.476 e. The molecule has 4 nitrogen and oxygen atoms in total. The molecule has 13 heavy (non-hydrogen) atoms. The first-order valence-electron chi connectivity index (χ1n) is 4.21. The first-order valence-corrected chi connectivity index (χ1v) is 5.34. The molecule has 0 aromatic rings. The molecule has 0 fully saturated rings. The van der Waals surface area contributed by atoms with Gasteiger partial charge in [-0.15, -0.1) is 5.10 Å². The number of hydrogen-bond donors (Lipinski definition) is 0. The van der Waals surface area contributed by atoms with Gasteiger partial charge in [-0.25, -0.2) is 5.01 Å². The molecule has 1 aliphatic heterocycles. The van der Waals surface area contributed by atoms with Crippen LogP contribution in [0.15, 0.2) is 5.10 Å². The Labute approximate surface area is 86.1 Å². The van der Waals surface area contributed by atoms with Gasteiger partial charge in [0.2, 0.25) is 11.8 Å². The van der Waals surface area contributed by atoms with Crippen LogP contribution in [0.25, 0.3) is 0 Å². The van der Waals surface area contributed by atoms with Crippen molar-refractivity contribution in [1.29, 1.82) is 0 Å². The number of hydrazone groups is 1. The maximum absolute atomic E-state index is 10.9. The van der Waals surface area contributed by atoms with Crippen molar-refractivity contribution in [2.45, 2.75) is 26.4 Å². The minimum absolute atomic E-state index is 0.0369. The summed E-state index contributed by atoms with van der Waals surface area (Å²) in [5.74, 6) is 0.618. The molecule has 0 bridgehead atoms. The summed E-state index contributed by atoms with van der Waals surface area (Å²) in [6.07, 6.45) is 0.822. The van der Waals surface area contributed by atoms with Gasteiger partial charge in [0, 0.05) is 18.7 Å². The molecule has 0 saturated carbocycles. The number of nitrogens with zero attached hydrogens (tertiary/aromatic N) is 2. The summed E-state index contributed by atoms with van der Waals surface area (Å²) >= 11 is 3.31. The van der Waals surface area contributed by atoms with Crippen molar-refractivity contribution in [3.05, 3.63) is 0 Å². The molecule has 1 atom stereocenters. The van der Waals surface area contributed by atoms with Crippen LogP contribution < -0.4 is 0 Å². The van der Waals surface area contributed by atoms with Crippen molar-refractivity contribution >= 4 is 27.7 Å². The summed E-state index contributed by atoms with van der Waals surface area (Å²) in [7, 11) is 0. The van der Waals surface area contributed by atoms with Gasteiger partial charge in [-0.3, -0.25) is 4.79 Å². The Hall–Kier alpha value is -0.580. The predicted molar refractivity (Wildman–Crippen MR) is 53.8 cm³/mol. The van der Waals surface area contributed by atoms with Crippen LogP contribution >= 0.6 is 15.9 Å². The lowest BCUT2D eigenvalue weighted by molar-refractivity contribution is -0.128. The number of carbonyl (C=O) groups excluding carboxylic acids is 1. The zero-order valence-electron chi connectivity index (χ0n) is 7.79. The normalized spacial score (nSPS) is 18.4. The van der Waals surface area contributed by atoms with E-state index in [4.69, 9.17) is 4.74 Å². The minimum Gasteiger partial charge on any atom is -0.476 e. The Bertz CT molecular complexity index is 230. The number of hydrogen-bond acceptors (Lipinski definition) is 3. The van der Waals surface area contributed by atoms with Crippen LogP contribution in [0.5, 0.6) is 0 Å². The Morgan fingerprint density at radius 3 is 3.00 bits per heavy atom. The molecule has 1 amide bonds. The first kappa shape index (κ1) is 10.5. The van der Waals surface area contributed by atoms with Crippen molar-refractivity contribution < 1.29 is 9.53 Å². The smallest absolute Gasteiger partial charge is 0.239 e. The van der Waals surface area contributed by atoms with Crippen LogP contribution in [0.2, 0.25) is 0 Å². The van der Waals surface area contributed by atoms with E-state index in [9.17, 15) is 4.79 Å². The number of alkyl halides is 1. The van der Waals surface area contributed by atoms with Gasteiger partial charge in [0.05, 0.1) is 6.54 Å². The number of halogens is 1. The molecular weight excluding hydrogens is 236 g/mol. The van der Waals surface area contributed by atoms with E-state index in [1.54, 1.807) is 0 Å². The van der Waals surface area contributed by atoms with E-state index >= 15 is 0 Å². The van der Waals surface area contributed by atoms with Crippen LogP contribution in [0.1, 0.15) is 20.3 Å². The topological polar surface area (TPSA) is 41.9 Å². The third kappa shape index (κ3) is 2.99. The molecule has 1 rings (SSSR count). The highest BCUT2D eigenvalue weighted by molar-refractivity contribution is 9.09. The molecule has 0 radical (unpaired) electrons. The second-order valence-electron chi connectivity index (χ2n) is 2.97. The Kier molecular flexibility index (Phi) is 3.71. The second-order valence-corrected chi connectivity index (χ2v) is 3.62. The quantitative estimate of drug-likeness (QED) is 0.693. The highest BCUT2D eigenvalue weighted by atomic mass is 79.9. The van der Waals surface area contributed by atoms with E-state index in [1.165, 1.54) is 11.9 Å². The van der Waals surface area contributed by atoms with Crippen LogP contribution in [0, 0.1) is 0 Å². The molecular formula is C8H13BrN2O2. The lowest BCUT2D eigenvalue weighted by atomic mass is 10.4. The maximum Gasteiger partial charge on any atom is 0.239 e. The maximum atomic E-state index is 10.9. The fraction of sp³-hybridized carbons (Fsp3) is 0.750. The lowest BCUT2D eigenvalue weighted by Crippen LogP contribution is -2.19. The Balaban J connectivity index is 2.45. The van der Waals surface area contributed by atoms with Crippen molar-refractivity contribution in [3.8, 4) is 0 Å². The Morgan fingerprint density at radius 2 is 2.54 bits per heavy atom. The van der Waals surface area contributed by atoms with Crippen LogP contribution in [-0.2, 0) is 9.53 Å². The summed E-state index contributed by atoms with van der Waals surface area (Å²) in [4.78, 5) is 10.9. The molecule has 74 valence electrons. The average Bonchev–Trinajstić information content (AvgIpc) is 2.52. The highest BCUT2D eigenvalue weighted by Crippen LogP contribution is 2.09. The van der Waals surface area contributed by atoms with Crippen molar-refractivity contribution in [2.75, 3.05) is 11.9 Å². The van der Waals surface area contributed by atoms with E-state index in [0.717, 1.165) is 11.8 Å². The van der Waals surface area contributed by atoms with Gasteiger partial charge in [0.1, 0.15) is 6.10 Å². The minimum atomic E-state index is -0.0369. The van der Waals surface area contributed by atoms with Gasteiger partial charge >= 0.3 is 0 Å². The van der Waals surface area contributed by atoms with Crippen LogP contribution in [-0.4, -0.2) is 34.8 Å². The van der Waals surface area contributed by atoms with E-state index < -0.39 is 0 Å². The van der Waals surface area contributed by atoms with E-state index in [0.29, 0.717) is 12.4 Å². The molecule has 0 aromatic carbocycles. The van der Waals surface area contributed by atoms with Crippen molar-refractivity contribution in [1.82, 2.24) is 5.01 Å². The fourth-order valence-electron chi connectivity index (χ4n) is 1.01. The summed E-state index contributed by atoms with van der Waals surface area (Å²) in [6.45, 7) is 4.09. The second kappa shape index (κ2) is 4.60. The van der Waals surface area contributed by atoms with Gasteiger partial charge in [0.15, 0.2) is 0 Å². The molecule has 0 aliphatic carbocycles. The van der Waals surface area contributed by atoms with Crippen molar-refractivity contribution in [2.24, 2.45) is 5.10 Å². The molecule has 0 saturated heterocycles. The molecule has 1 aliphatic rings. The summed E-state index contributed by atoms with van der Waals surface area (Å²) in [5.41, 5.74) is 0. The molecule has 0 spiro atoms. The SMILES string of the molecule is CC(=O)N1CCC(OC(C)CBr)=N1. The molecule has 5 heteroatoms. The molecule has 1 unspecified atom stereocenters. The standard InChI is InChI=1S/C8H13BrN2O2/c1-6(5-9)13-8-3-4-11(10-8)7(2)12/h6H,3-5H2,1-2H3. The highest BCUT2D eigenvalue weighted by Gasteiger charge is 2.19. The molecule has 0 aromatic heterocycles. The summed E-state index contributed by atoms with van der Waals surface area (Å²) < 4.78 is 5.45. The number of carbonyl (C=O) groups is 1. The zero-order chi connectivity index (χ0) is 9.84. The molecule has 1 heterocycles. The van der Waals surface area contributed by atoms with Gasteiger partial charge in [-0.2, -0.15) is 0 Å². The van der Waals surface area contributed by atoms with E-state index in [1.807, 2.05) is 6.92 Å². The third-order valence-corrected chi connectivity index (χ3v) is 2.60. The van der Waals surface area contributed by atoms with E-state index in [-0.39, 0.29) is 12.0 Å². The van der Waals surface area contributed by atoms with Crippen molar-refractivity contribution in [3.63, 3.8) is 0 Å². The summed E-state index contributed by atoms with van der Waals surface area (Å²) in [6, 6.07) is 0. The zero-order valence-corrected chi connectivity index (χ0v) is 9.37. The first-order chi connectivity index (χ1) is 6.13. The number of amides is 1. The lowest BCUT2D eigenvalue weighted by Gasteiger charge is -2.09. The number of rotatable bonds is 2. The monoisotopic (exact) mass is 248 g/mol. The predicted octanol–water partition coefficient (Wildman–Crippen LogP) is 1.35. The van der Waals surface area contributed by atoms with E-state index in [2.05, 4.69) is 21.0 Å². The van der Waals surface area contributed by atoms with Crippen LogP contribution in [0.3, 0.4) is 0 Å². The average molecular weight is 249 g/mol. The van der Waals surface area contributed by atoms with Gasteiger partial charge < -0.3 is 4.74 Å². The number of ether oxygens (including phenoxy) is 1. The fourth-order valence-corrected chi connectivity index (χ4v) is 1.14. The third-order valence-electron chi connectivity index (χ3n) is 1.69. The Morgan fingerprint density at radius 1 is 1.85 bits per heavy atom. The van der Waals surface area contributed by atoms with Gasteiger partial charge in [-0.05, 0) is 6.92 Å². The van der Waals surface area contributed by atoms with Gasteiger partial charge in [0.25, 0.3) is 0 Å². The van der Waals surface area contributed by atoms with Crippen LogP contribution in [0.4, 0.5) is 0 Å².